The molecule has 0 N–H and O–H groups in total. The third kappa shape index (κ3) is 4.02. The molecule has 1 fully saturated rings. The number of nitrogens with zero attached hydrogens (tertiary/aromatic N) is 3. The van der Waals surface area contributed by atoms with Crippen LogP contribution in [-0.2, 0) is 16.6 Å². The molecule has 1 aromatic rings. The number of rotatable bonds is 6. The van der Waals surface area contributed by atoms with Crippen LogP contribution in [0.4, 0.5) is 0 Å². The lowest BCUT2D eigenvalue weighted by atomic mass is 10.1. The fourth-order valence-corrected chi connectivity index (χ4v) is 4.59. The van der Waals surface area contributed by atoms with Gasteiger partial charge < -0.3 is 4.90 Å². The maximum Gasteiger partial charge on any atom is 0.214 e. The molecule has 0 radical (unpaired) electrons. The van der Waals surface area contributed by atoms with E-state index < -0.39 is 10.0 Å². The Labute approximate surface area is 128 Å². The third-order valence-electron chi connectivity index (χ3n) is 3.71. The molecule has 118 valence electrons. The van der Waals surface area contributed by atoms with Crippen LogP contribution in [0.25, 0.3) is 0 Å². The van der Waals surface area contributed by atoms with Gasteiger partial charge in [-0.25, -0.2) is 8.42 Å². The summed E-state index contributed by atoms with van der Waals surface area (Å²) in [7, 11) is 0.884. The van der Waals surface area contributed by atoms with Gasteiger partial charge in [0.2, 0.25) is 10.0 Å². The molecule has 0 bridgehead atoms. The first-order chi connectivity index (χ1) is 9.94. The SMILES string of the molecule is CCCS(=O)(=O)N1CCC[C@@H]1c1ccc(CN(C)C)cn1. The average Bonchev–Trinajstić information content (AvgIpc) is 2.89. The van der Waals surface area contributed by atoms with Gasteiger partial charge in [-0.1, -0.05) is 13.0 Å². The van der Waals surface area contributed by atoms with Crippen molar-refractivity contribution in [2.45, 2.75) is 38.8 Å². The molecule has 1 saturated heterocycles. The predicted octanol–water partition coefficient (Wildman–Crippen LogP) is 2.02. The third-order valence-corrected chi connectivity index (χ3v) is 5.79. The zero-order valence-corrected chi connectivity index (χ0v) is 13.9. The van der Waals surface area contributed by atoms with Gasteiger partial charge in [-0.05, 0) is 45.0 Å². The van der Waals surface area contributed by atoms with Crippen molar-refractivity contribution in [3.05, 3.63) is 29.6 Å². The van der Waals surface area contributed by atoms with Crippen molar-refractivity contribution in [3.8, 4) is 0 Å². The second-order valence-corrected chi connectivity index (χ2v) is 7.95. The average molecular weight is 311 g/mol. The zero-order valence-electron chi connectivity index (χ0n) is 13.1. The van der Waals surface area contributed by atoms with E-state index in [-0.39, 0.29) is 11.8 Å². The quantitative estimate of drug-likeness (QED) is 0.806. The molecule has 1 aliphatic heterocycles. The molecule has 1 aliphatic rings. The standard InChI is InChI=1S/C15H25N3O2S/c1-4-10-21(19,20)18-9-5-6-15(18)14-8-7-13(11-16-14)12-17(2)3/h7-8,11,15H,4-6,9-10,12H2,1-3H3/t15-/m1/s1. The van der Waals surface area contributed by atoms with Gasteiger partial charge in [0.05, 0.1) is 17.5 Å². The maximum absolute atomic E-state index is 12.3. The number of hydrogen-bond donors (Lipinski definition) is 0. The Morgan fingerprint density at radius 1 is 1.38 bits per heavy atom. The number of sulfonamides is 1. The summed E-state index contributed by atoms with van der Waals surface area (Å²) in [6.45, 7) is 3.36. The lowest BCUT2D eigenvalue weighted by Crippen LogP contribution is -2.32. The van der Waals surface area contributed by atoms with Crippen molar-refractivity contribution in [3.63, 3.8) is 0 Å². The minimum Gasteiger partial charge on any atom is -0.305 e. The number of aromatic nitrogens is 1. The smallest absolute Gasteiger partial charge is 0.214 e. The first-order valence-electron chi connectivity index (χ1n) is 7.53. The Bertz CT molecular complexity index is 555. The summed E-state index contributed by atoms with van der Waals surface area (Å²) in [6.07, 6.45) is 4.29. The lowest BCUT2D eigenvalue weighted by molar-refractivity contribution is 0.388. The van der Waals surface area contributed by atoms with Crippen LogP contribution < -0.4 is 0 Å². The first kappa shape index (κ1) is 16.4. The van der Waals surface area contributed by atoms with E-state index in [9.17, 15) is 8.42 Å². The van der Waals surface area contributed by atoms with E-state index in [2.05, 4.69) is 9.88 Å². The molecule has 0 unspecified atom stereocenters. The Morgan fingerprint density at radius 2 is 2.14 bits per heavy atom. The van der Waals surface area contributed by atoms with Crippen molar-refractivity contribution in [1.29, 1.82) is 0 Å². The van der Waals surface area contributed by atoms with E-state index in [1.807, 2.05) is 39.3 Å². The van der Waals surface area contributed by atoms with Gasteiger partial charge in [-0.3, -0.25) is 4.98 Å². The van der Waals surface area contributed by atoms with E-state index in [4.69, 9.17) is 0 Å². The van der Waals surface area contributed by atoms with Gasteiger partial charge in [0, 0.05) is 19.3 Å². The topological polar surface area (TPSA) is 53.5 Å². The highest BCUT2D eigenvalue weighted by Gasteiger charge is 2.35. The molecule has 6 heteroatoms. The van der Waals surface area contributed by atoms with Gasteiger partial charge >= 0.3 is 0 Å². The second kappa shape index (κ2) is 6.85. The molecule has 0 amide bonds. The van der Waals surface area contributed by atoms with Gasteiger partial charge in [0.15, 0.2) is 0 Å². The molecule has 2 rings (SSSR count). The Balaban J connectivity index is 2.16. The monoisotopic (exact) mass is 311 g/mol. The van der Waals surface area contributed by atoms with Crippen molar-refractivity contribution in [1.82, 2.24) is 14.2 Å². The van der Waals surface area contributed by atoms with E-state index in [0.29, 0.717) is 13.0 Å². The zero-order chi connectivity index (χ0) is 15.5. The van der Waals surface area contributed by atoms with E-state index in [1.165, 1.54) is 0 Å². The van der Waals surface area contributed by atoms with Crippen LogP contribution in [0, 0.1) is 0 Å². The fraction of sp³-hybridized carbons (Fsp3) is 0.667. The molecule has 1 atom stereocenters. The molecular formula is C15H25N3O2S. The highest BCUT2D eigenvalue weighted by atomic mass is 32.2. The van der Waals surface area contributed by atoms with Crippen LogP contribution in [0.3, 0.4) is 0 Å². The minimum absolute atomic E-state index is 0.0880. The highest BCUT2D eigenvalue weighted by Crippen LogP contribution is 2.33. The summed E-state index contributed by atoms with van der Waals surface area (Å²) >= 11 is 0. The predicted molar refractivity (Wildman–Crippen MR) is 84.4 cm³/mol. The fourth-order valence-electron chi connectivity index (χ4n) is 2.84. The van der Waals surface area contributed by atoms with Crippen molar-refractivity contribution in [2.24, 2.45) is 0 Å². The Kier molecular flexibility index (Phi) is 5.35. The number of hydrogen-bond acceptors (Lipinski definition) is 4. The van der Waals surface area contributed by atoms with Gasteiger partial charge in [-0.2, -0.15) is 4.31 Å². The molecular weight excluding hydrogens is 286 g/mol. The van der Waals surface area contributed by atoms with Gasteiger partial charge in [0.1, 0.15) is 0 Å². The lowest BCUT2D eigenvalue weighted by Gasteiger charge is -2.23. The van der Waals surface area contributed by atoms with Crippen LogP contribution in [0.1, 0.15) is 43.5 Å². The molecule has 21 heavy (non-hydrogen) atoms. The van der Waals surface area contributed by atoms with Crippen molar-refractivity contribution >= 4 is 10.0 Å². The molecule has 0 aromatic carbocycles. The normalized spacial score (nSPS) is 20.3. The van der Waals surface area contributed by atoms with Crippen molar-refractivity contribution < 1.29 is 8.42 Å². The van der Waals surface area contributed by atoms with Crippen LogP contribution >= 0.6 is 0 Å². The summed E-state index contributed by atoms with van der Waals surface area (Å²) in [5, 5.41) is 0. The van der Waals surface area contributed by atoms with Crippen LogP contribution in [0.15, 0.2) is 18.3 Å². The van der Waals surface area contributed by atoms with Crippen molar-refractivity contribution in [2.75, 3.05) is 26.4 Å². The summed E-state index contributed by atoms with van der Waals surface area (Å²) in [5.41, 5.74) is 2.01. The molecule has 2 heterocycles. The molecule has 5 nitrogen and oxygen atoms in total. The summed E-state index contributed by atoms with van der Waals surface area (Å²) < 4.78 is 26.3. The van der Waals surface area contributed by atoms with E-state index in [1.54, 1.807) is 4.31 Å². The van der Waals surface area contributed by atoms with Gasteiger partial charge in [0.25, 0.3) is 0 Å². The summed E-state index contributed by atoms with van der Waals surface area (Å²) in [5.74, 6) is 0.224. The number of pyridine rings is 1. The highest BCUT2D eigenvalue weighted by molar-refractivity contribution is 7.89. The van der Waals surface area contributed by atoms with Gasteiger partial charge in [-0.15, -0.1) is 0 Å². The Hall–Kier alpha value is -0.980. The largest absolute Gasteiger partial charge is 0.305 e. The van der Waals surface area contributed by atoms with E-state index >= 15 is 0 Å². The Morgan fingerprint density at radius 3 is 2.71 bits per heavy atom. The minimum atomic E-state index is -3.15. The van der Waals surface area contributed by atoms with Crippen LogP contribution in [0.5, 0.6) is 0 Å². The summed E-state index contributed by atoms with van der Waals surface area (Å²) in [4.78, 5) is 6.59. The maximum atomic E-state index is 12.3. The van der Waals surface area contributed by atoms with E-state index in [0.717, 1.165) is 30.6 Å². The first-order valence-corrected chi connectivity index (χ1v) is 9.14. The molecule has 0 saturated carbocycles. The second-order valence-electron chi connectivity index (χ2n) is 5.91. The summed E-state index contributed by atoms with van der Waals surface area (Å²) in [6, 6.07) is 3.93. The molecule has 0 aliphatic carbocycles. The van der Waals surface area contributed by atoms with Crippen LogP contribution in [-0.4, -0.2) is 49.0 Å². The molecule has 0 spiro atoms. The molecule has 1 aromatic heterocycles. The van der Waals surface area contributed by atoms with Crippen LogP contribution in [0.2, 0.25) is 0 Å².